The lowest BCUT2D eigenvalue weighted by Gasteiger charge is -2.15. The Kier molecular flexibility index (Phi) is 7.47. The molecule has 0 unspecified atom stereocenters. The maximum Gasteiger partial charge on any atom is 0.411 e. The number of nitrogens with one attached hydrogen (secondary N) is 1. The molecule has 10 heteroatoms. The van der Waals surface area contributed by atoms with E-state index in [0.29, 0.717) is 50.0 Å². The standard InChI is InChI=1S/C25H24ClN3O5S/c1-4-33-25(32)27-17-6-8-18-15(9-22(30)34-21(18)11-17)13-35-24-28-20-10-16(26)5-7-19(20)23(31)29(24)12-14(2)3/h5-11,14H,4,12-13H2,1-3H3,(H,27,32). The van der Waals surface area contributed by atoms with Crippen molar-refractivity contribution in [2.45, 2.75) is 38.2 Å². The highest BCUT2D eigenvalue weighted by atomic mass is 35.5. The lowest BCUT2D eigenvalue weighted by Crippen LogP contribution is -2.25. The second kappa shape index (κ2) is 10.5. The van der Waals surface area contributed by atoms with Crippen LogP contribution in [0.2, 0.25) is 5.02 Å². The first-order valence-electron chi connectivity index (χ1n) is 11.1. The lowest BCUT2D eigenvalue weighted by molar-refractivity contribution is 0.168. The van der Waals surface area contributed by atoms with Crippen molar-refractivity contribution in [3.63, 3.8) is 0 Å². The predicted molar refractivity (Wildman–Crippen MR) is 139 cm³/mol. The highest BCUT2D eigenvalue weighted by Gasteiger charge is 2.15. The SMILES string of the molecule is CCOC(=O)Nc1ccc2c(CSc3nc4cc(Cl)ccc4c(=O)n3CC(C)C)cc(=O)oc2c1. The predicted octanol–water partition coefficient (Wildman–Crippen LogP) is 5.67. The van der Waals surface area contributed by atoms with E-state index in [0.717, 1.165) is 5.56 Å². The van der Waals surface area contributed by atoms with Crippen LogP contribution in [0.5, 0.6) is 0 Å². The van der Waals surface area contributed by atoms with Crippen molar-refractivity contribution < 1.29 is 13.9 Å². The summed E-state index contributed by atoms with van der Waals surface area (Å²) < 4.78 is 11.9. The molecule has 0 aliphatic heterocycles. The number of rotatable bonds is 7. The second-order valence-electron chi connectivity index (χ2n) is 8.30. The van der Waals surface area contributed by atoms with Crippen LogP contribution in [0.4, 0.5) is 10.5 Å². The third kappa shape index (κ3) is 5.68. The minimum absolute atomic E-state index is 0.130. The first-order valence-corrected chi connectivity index (χ1v) is 12.4. The molecule has 0 saturated heterocycles. The molecular formula is C25H24ClN3O5S. The summed E-state index contributed by atoms with van der Waals surface area (Å²) in [4.78, 5) is 41.9. The Bertz CT molecular complexity index is 1530. The number of amides is 1. The van der Waals surface area contributed by atoms with Crippen molar-refractivity contribution in [1.29, 1.82) is 0 Å². The van der Waals surface area contributed by atoms with Gasteiger partial charge in [0.15, 0.2) is 5.16 Å². The van der Waals surface area contributed by atoms with Crippen LogP contribution in [0.3, 0.4) is 0 Å². The fraction of sp³-hybridized carbons (Fsp3) is 0.280. The van der Waals surface area contributed by atoms with Crippen LogP contribution in [0, 0.1) is 5.92 Å². The summed E-state index contributed by atoms with van der Waals surface area (Å²) in [6, 6.07) is 11.5. The molecule has 0 fully saturated rings. The molecule has 4 aromatic rings. The van der Waals surface area contributed by atoms with E-state index >= 15 is 0 Å². The molecule has 2 aromatic carbocycles. The van der Waals surface area contributed by atoms with Gasteiger partial charge in [0, 0.05) is 40.5 Å². The first-order chi connectivity index (χ1) is 16.7. The molecule has 8 nitrogen and oxygen atoms in total. The summed E-state index contributed by atoms with van der Waals surface area (Å²) in [5.41, 5.74) is 1.38. The number of aromatic nitrogens is 2. The molecule has 0 radical (unpaired) electrons. The van der Waals surface area contributed by atoms with Crippen LogP contribution in [0.15, 0.2) is 61.6 Å². The quantitative estimate of drug-likeness (QED) is 0.193. The number of hydrogen-bond donors (Lipinski definition) is 1. The summed E-state index contributed by atoms with van der Waals surface area (Å²) in [5, 5.41) is 4.86. The second-order valence-corrected chi connectivity index (χ2v) is 9.68. The molecule has 2 aromatic heterocycles. The van der Waals surface area contributed by atoms with Crippen LogP contribution in [0.25, 0.3) is 21.9 Å². The zero-order chi connectivity index (χ0) is 25.1. The van der Waals surface area contributed by atoms with Crippen LogP contribution < -0.4 is 16.5 Å². The van der Waals surface area contributed by atoms with Crippen LogP contribution in [0.1, 0.15) is 26.3 Å². The van der Waals surface area contributed by atoms with E-state index in [2.05, 4.69) is 5.32 Å². The minimum Gasteiger partial charge on any atom is -0.450 e. The van der Waals surface area contributed by atoms with Gasteiger partial charge in [-0.25, -0.2) is 14.6 Å². The topological polar surface area (TPSA) is 103 Å². The molecule has 4 rings (SSSR count). The molecule has 0 bridgehead atoms. The average Bonchev–Trinajstić information content (AvgIpc) is 2.79. The molecule has 35 heavy (non-hydrogen) atoms. The third-order valence-electron chi connectivity index (χ3n) is 5.14. The number of carbonyl (C=O) groups excluding carboxylic acids is 1. The summed E-state index contributed by atoms with van der Waals surface area (Å²) in [6.07, 6.45) is -0.591. The van der Waals surface area contributed by atoms with Crippen molar-refractivity contribution in [3.05, 3.63) is 73.8 Å². The van der Waals surface area contributed by atoms with Crippen molar-refractivity contribution in [3.8, 4) is 0 Å². The van der Waals surface area contributed by atoms with E-state index in [9.17, 15) is 14.4 Å². The Labute approximate surface area is 210 Å². The zero-order valence-electron chi connectivity index (χ0n) is 19.5. The number of ether oxygens (including phenoxy) is 1. The molecule has 182 valence electrons. The molecule has 1 amide bonds. The van der Waals surface area contributed by atoms with Gasteiger partial charge in [-0.1, -0.05) is 37.2 Å². The summed E-state index contributed by atoms with van der Waals surface area (Å²) in [5.74, 6) is 0.608. The summed E-state index contributed by atoms with van der Waals surface area (Å²) >= 11 is 7.49. The molecule has 0 saturated carbocycles. The lowest BCUT2D eigenvalue weighted by atomic mass is 10.1. The maximum absolute atomic E-state index is 13.2. The van der Waals surface area contributed by atoms with E-state index in [-0.39, 0.29) is 18.1 Å². The Morgan fingerprint density at radius 3 is 2.69 bits per heavy atom. The van der Waals surface area contributed by atoms with Gasteiger partial charge in [-0.3, -0.25) is 14.7 Å². The van der Waals surface area contributed by atoms with Gasteiger partial charge < -0.3 is 9.15 Å². The van der Waals surface area contributed by atoms with E-state index in [1.165, 1.54) is 17.8 Å². The van der Waals surface area contributed by atoms with Gasteiger partial charge in [-0.15, -0.1) is 0 Å². The van der Waals surface area contributed by atoms with E-state index in [1.807, 2.05) is 13.8 Å². The fourth-order valence-corrected chi connectivity index (χ4v) is 4.83. The van der Waals surface area contributed by atoms with Crippen LogP contribution >= 0.6 is 23.4 Å². The van der Waals surface area contributed by atoms with Gasteiger partial charge in [0.2, 0.25) is 0 Å². The van der Waals surface area contributed by atoms with Gasteiger partial charge in [0.25, 0.3) is 5.56 Å². The highest BCUT2D eigenvalue weighted by Crippen LogP contribution is 2.28. The van der Waals surface area contributed by atoms with Gasteiger partial charge in [0.05, 0.1) is 17.5 Å². The highest BCUT2D eigenvalue weighted by molar-refractivity contribution is 7.98. The summed E-state index contributed by atoms with van der Waals surface area (Å²) in [6.45, 7) is 6.53. The Morgan fingerprint density at radius 2 is 1.94 bits per heavy atom. The van der Waals surface area contributed by atoms with Gasteiger partial charge in [-0.05, 0) is 48.7 Å². The fourth-order valence-electron chi connectivity index (χ4n) is 3.66. The van der Waals surface area contributed by atoms with E-state index in [1.54, 1.807) is 47.9 Å². The van der Waals surface area contributed by atoms with Crippen molar-refractivity contribution in [2.75, 3.05) is 11.9 Å². The number of carbonyl (C=O) groups is 1. The van der Waals surface area contributed by atoms with Crippen molar-refractivity contribution in [1.82, 2.24) is 9.55 Å². The first kappa shape index (κ1) is 24.8. The normalized spacial score (nSPS) is 11.3. The largest absolute Gasteiger partial charge is 0.450 e. The zero-order valence-corrected chi connectivity index (χ0v) is 21.0. The number of nitrogens with zero attached hydrogens (tertiary/aromatic N) is 2. The Morgan fingerprint density at radius 1 is 1.17 bits per heavy atom. The number of hydrogen-bond acceptors (Lipinski definition) is 7. The number of benzene rings is 2. The van der Waals surface area contributed by atoms with Crippen LogP contribution in [-0.4, -0.2) is 22.3 Å². The molecule has 0 aliphatic carbocycles. The number of anilines is 1. The Hall–Kier alpha value is -3.30. The monoisotopic (exact) mass is 513 g/mol. The van der Waals surface area contributed by atoms with Gasteiger partial charge in [0.1, 0.15) is 5.58 Å². The number of thioether (sulfide) groups is 1. The van der Waals surface area contributed by atoms with Gasteiger partial charge >= 0.3 is 11.7 Å². The number of fused-ring (bicyclic) bond motifs is 2. The van der Waals surface area contributed by atoms with Crippen LogP contribution in [-0.2, 0) is 17.0 Å². The molecule has 1 N–H and O–H groups in total. The summed E-state index contributed by atoms with van der Waals surface area (Å²) in [7, 11) is 0. The van der Waals surface area contributed by atoms with E-state index < -0.39 is 11.7 Å². The average molecular weight is 514 g/mol. The third-order valence-corrected chi connectivity index (χ3v) is 6.40. The van der Waals surface area contributed by atoms with Gasteiger partial charge in [-0.2, -0.15) is 0 Å². The molecule has 0 spiro atoms. The molecule has 0 atom stereocenters. The van der Waals surface area contributed by atoms with Crippen molar-refractivity contribution >= 4 is 57.0 Å². The van der Waals surface area contributed by atoms with E-state index in [4.69, 9.17) is 25.7 Å². The minimum atomic E-state index is -0.591. The molecular weight excluding hydrogens is 490 g/mol. The maximum atomic E-state index is 13.2. The smallest absolute Gasteiger partial charge is 0.411 e. The molecule has 2 heterocycles. The Balaban J connectivity index is 1.70. The number of halogens is 1. The van der Waals surface area contributed by atoms with Crippen molar-refractivity contribution in [2.24, 2.45) is 5.92 Å². The molecule has 0 aliphatic rings.